The van der Waals surface area contributed by atoms with Crippen LogP contribution in [-0.4, -0.2) is 43.3 Å². The molecule has 2 N–H and O–H groups in total. The molecule has 0 atom stereocenters. The van der Waals surface area contributed by atoms with Crippen molar-refractivity contribution < 1.29 is 9.84 Å². The number of benzene rings is 1. The lowest BCUT2D eigenvalue weighted by atomic mass is 10.1. The summed E-state index contributed by atoms with van der Waals surface area (Å²) in [5, 5.41) is 12.8. The van der Waals surface area contributed by atoms with E-state index in [1.165, 1.54) is 0 Å². The third kappa shape index (κ3) is 4.03. The molecular weight excluding hydrogens is 380 g/mol. The van der Waals surface area contributed by atoms with E-state index in [2.05, 4.69) is 29.1 Å². The van der Waals surface area contributed by atoms with E-state index in [0.717, 1.165) is 28.7 Å². The van der Waals surface area contributed by atoms with E-state index in [9.17, 15) is 5.11 Å². The van der Waals surface area contributed by atoms with Gasteiger partial charge in [-0.15, -0.1) is 0 Å². The van der Waals surface area contributed by atoms with E-state index in [1.54, 1.807) is 37.8 Å². The van der Waals surface area contributed by atoms with Gasteiger partial charge in [-0.05, 0) is 44.0 Å². The van der Waals surface area contributed by atoms with E-state index in [0.29, 0.717) is 24.1 Å². The first kappa shape index (κ1) is 19.6. The number of nitrogens with zero attached hydrogens (tertiary/aromatic N) is 5. The van der Waals surface area contributed by atoms with Gasteiger partial charge in [0.1, 0.15) is 11.3 Å². The highest BCUT2D eigenvalue weighted by atomic mass is 16.5. The summed E-state index contributed by atoms with van der Waals surface area (Å²) in [5.74, 6) is 2.07. The number of nitrogens with one attached hydrogen (secondary N) is 1. The number of hydrogen-bond donors (Lipinski definition) is 2. The van der Waals surface area contributed by atoms with Gasteiger partial charge in [0.2, 0.25) is 5.88 Å². The number of methoxy groups -OCH3 is 1. The van der Waals surface area contributed by atoms with Crippen molar-refractivity contribution in [3.8, 4) is 23.0 Å². The Kier molecular flexibility index (Phi) is 5.47. The maximum atomic E-state index is 9.44. The molecule has 0 bridgehead atoms. The quantitative estimate of drug-likeness (QED) is 0.483. The van der Waals surface area contributed by atoms with Crippen molar-refractivity contribution in [3.63, 3.8) is 0 Å². The number of imidazole rings is 1. The highest BCUT2D eigenvalue weighted by Crippen LogP contribution is 2.26. The number of hydrogen-bond acceptors (Lipinski definition) is 7. The lowest BCUT2D eigenvalue weighted by Crippen LogP contribution is -2.09. The fourth-order valence-electron chi connectivity index (χ4n) is 3.17. The second-order valence-electron chi connectivity index (χ2n) is 7.25. The van der Waals surface area contributed by atoms with Gasteiger partial charge in [0, 0.05) is 30.4 Å². The number of fused-ring (bicyclic) bond motifs is 1. The molecule has 4 aromatic rings. The number of rotatable bonds is 7. The number of aromatic nitrogens is 5. The van der Waals surface area contributed by atoms with Gasteiger partial charge >= 0.3 is 0 Å². The van der Waals surface area contributed by atoms with Crippen LogP contribution in [0.25, 0.3) is 22.6 Å². The first-order valence-corrected chi connectivity index (χ1v) is 9.82. The molecule has 0 aliphatic carbocycles. The lowest BCUT2D eigenvalue weighted by molar-refractivity contribution is 0.398. The lowest BCUT2D eigenvalue weighted by Gasteiger charge is -2.11. The van der Waals surface area contributed by atoms with Gasteiger partial charge < -0.3 is 19.7 Å². The number of aromatic hydroxyl groups is 1. The molecule has 4 rings (SSSR count). The molecule has 154 valence electrons. The van der Waals surface area contributed by atoms with Crippen molar-refractivity contribution >= 4 is 17.0 Å². The summed E-state index contributed by atoms with van der Waals surface area (Å²) in [6.45, 7) is 4.86. The highest BCUT2D eigenvalue weighted by molar-refractivity contribution is 5.85. The third-order valence-corrected chi connectivity index (χ3v) is 4.82. The number of phenols is 1. The second-order valence-corrected chi connectivity index (χ2v) is 7.25. The van der Waals surface area contributed by atoms with Gasteiger partial charge in [0.05, 0.1) is 13.4 Å². The van der Waals surface area contributed by atoms with Crippen molar-refractivity contribution in [1.29, 1.82) is 0 Å². The minimum absolute atomic E-state index is 0.219. The van der Waals surface area contributed by atoms with Crippen LogP contribution in [0.4, 0.5) is 5.82 Å². The van der Waals surface area contributed by atoms with Gasteiger partial charge in [-0.3, -0.25) is 0 Å². The molecule has 3 aromatic heterocycles. The Bertz CT molecular complexity index is 1140. The Morgan fingerprint density at radius 2 is 1.87 bits per heavy atom. The fourth-order valence-corrected chi connectivity index (χ4v) is 3.17. The van der Waals surface area contributed by atoms with Crippen LogP contribution < -0.4 is 10.1 Å². The zero-order valence-electron chi connectivity index (χ0n) is 17.2. The molecule has 8 heteroatoms. The zero-order valence-corrected chi connectivity index (χ0v) is 17.2. The third-order valence-electron chi connectivity index (χ3n) is 4.82. The molecule has 0 aliphatic heterocycles. The Balaban J connectivity index is 1.66. The molecule has 0 fully saturated rings. The molecular formula is C22H24N6O2. The maximum absolute atomic E-state index is 9.44. The Morgan fingerprint density at radius 3 is 2.53 bits per heavy atom. The SMILES string of the molecule is COc1ccc(-c2nc(NCCc3ccc(O)cc3)c3ncn(C(C)C)c3n2)cn1. The van der Waals surface area contributed by atoms with Crippen LogP contribution in [0.15, 0.2) is 48.9 Å². The van der Waals surface area contributed by atoms with E-state index in [4.69, 9.17) is 14.7 Å². The van der Waals surface area contributed by atoms with E-state index >= 15 is 0 Å². The summed E-state index contributed by atoms with van der Waals surface area (Å²) in [7, 11) is 1.59. The van der Waals surface area contributed by atoms with Crippen LogP contribution in [0.2, 0.25) is 0 Å². The van der Waals surface area contributed by atoms with Gasteiger partial charge in [-0.25, -0.2) is 19.9 Å². The number of phenolic OH excluding ortho intramolecular Hbond substituents is 1. The van der Waals surface area contributed by atoms with Crippen molar-refractivity contribution in [1.82, 2.24) is 24.5 Å². The molecule has 0 amide bonds. The predicted octanol–water partition coefficient (Wildman–Crippen LogP) is 3.84. The molecule has 0 aliphatic rings. The summed E-state index contributed by atoms with van der Waals surface area (Å²) in [4.78, 5) is 18.3. The van der Waals surface area contributed by atoms with Crippen molar-refractivity contribution in [2.75, 3.05) is 19.0 Å². The van der Waals surface area contributed by atoms with Crippen LogP contribution in [0.1, 0.15) is 25.5 Å². The van der Waals surface area contributed by atoms with Crippen LogP contribution in [0.5, 0.6) is 11.6 Å². The minimum atomic E-state index is 0.219. The maximum Gasteiger partial charge on any atom is 0.212 e. The number of anilines is 1. The normalized spacial score (nSPS) is 11.2. The topological polar surface area (TPSA) is 98.0 Å². The monoisotopic (exact) mass is 404 g/mol. The largest absolute Gasteiger partial charge is 0.508 e. The molecule has 0 spiro atoms. The summed E-state index contributed by atoms with van der Waals surface area (Å²) in [6, 6.07) is 11.1. The zero-order chi connectivity index (χ0) is 21.1. The molecule has 0 saturated heterocycles. The second kappa shape index (κ2) is 8.36. The average Bonchev–Trinajstić information content (AvgIpc) is 3.20. The standard InChI is InChI=1S/C22H24N6O2/c1-14(2)28-13-25-19-21(23-11-10-15-4-7-17(29)8-5-15)26-20(27-22(19)28)16-6-9-18(30-3)24-12-16/h4-9,12-14,29H,10-11H2,1-3H3,(H,23,26,27). The van der Waals surface area contributed by atoms with E-state index < -0.39 is 0 Å². The Hall–Kier alpha value is -3.68. The Morgan fingerprint density at radius 1 is 1.07 bits per heavy atom. The summed E-state index contributed by atoms with van der Waals surface area (Å²) in [6.07, 6.45) is 4.29. The molecule has 30 heavy (non-hydrogen) atoms. The molecule has 0 radical (unpaired) electrons. The summed E-state index contributed by atoms with van der Waals surface area (Å²) in [5.41, 5.74) is 3.44. The van der Waals surface area contributed by atoms with E-state index in [-0.39, 0.29) is 11.8 Å². The minimum Gasteiger partial charge on any atom is -0.508 e. The average molecular weight is 404 g/mol. The first-order chi connectivity index (χ1) is 14.5. The highest BCUT2D eigenvalue weighted by Gasteiger charge is 2.16. The summed E-state index contributed by atoms with van der Waals surface area (Å²) >= 11 is 0. The van der Waals surface area contributed by atoms with Crippen molar-refractivity contribution in [2.24, 2.45) is 0 Å². The van der Waals surface area contributed by atoms with Crippen LogP contribution in [0.3, 0.4) is 0 Å². The predicted molar refractivity (Wildman–Crippen MR) is 116 cm³/mol. The number of ether oxygens (including phenoxy) is 1. The Labute approximate surface area is 174 Å². The van der Waals surface area contributed by atoms with Gasteiger partial charge in [-0.1, -0.05) is 12.1 Å². The van der Waals surface area contributed by atoms with Crippen molar-refractivity contribution in [3.05, 3.63) is 54.5 Å². The molecule has 1 aromatic carbocycles. The molecule has 3 heterocycles. The van der Waals surface area contributed by atoms with Crippen molar-refractivity contribution in [2.45, 2.75) is 26.3 Å². The van der Waals surface area contributed by atoms with Gasteiger partial charge in [-0.2, -0.15) is 0 Å². The van der Waals surface area contributed by atoms with Crippen LogP contribution in [0, 0.1) is 0 Å². The smallest absolute Gasteiger partial charge is 0.212 e. The first-order valence-electron chi connectivity index (χ1n) is 9.82. The molecule has 8 nitrogen and oxygen atoms in total. The van der Waals surface area contributed by atoms with Gasteiger partial charge in [0.15, 0.2) is 17.3 Å². The molecule has 0 unspecified atom stereocenters. The molecule has 0 saturated carbocycles. The van der Waals surface area contributed by atoms with Gasteiger partial charge in [0.25, 0.3) is 0 Å². The van der Waals surface area contributed by atoms with E-state index in [1.807, 2.05) is 22.8 Å². The summed E-state index contributed by atoms with van der Waals surface area (Å²) < 4.78 is 7.18. The number of pyridine rings is 1. The fraction of sp³-hybridized carbons (Fsp3) is 0.273. The van der Waals surface area contributed by atoms with Crippen LogP contribution in [-0.2, 0) is 6.42 Å². The van der Waals surface area contributed by atoms with Crippen LogP contribution >= 0.6 is 0 Å².